The van der Waals surface area contributed by atoms with Crippen LogP contribution in [0.3, 0.4) is 0 Å². The second-order valence-electron chi connectivity index (χ2n) is 16.9. The molecule has 1 atom stereocenters. The molecule has 0 bridgehead atoms. The number of rotatable bonds is 12. The molecule has 11 rings (SSSR count). The van der Waals surface area contributed by atoms with Gasteiger partial charge in [-0.15, -0.1) is 0 Å². The molecular formula is C53H45N13O2. The fourth-order valence-corrected chi connectivity index (χ4v) is 9.30. The Morgan fingerprint density at radius 2 is 1.19 bits per heavy atom. The van der Waals surface area contributed by atoms with Gasteiger partial charge in [0.25, 0.3) is 0 Å². The van der Waals surface area contributed by atoms with Crippen molar-refractivity contribution in [3.05, 3.63) is 186 Å². The largest absolute Gasteiger partial charge is 0.361 e. The molecule has 11 aromatic heterocycles. The molecule has 0 unspecified atom stereocenters. The Kier molecular flexibility index (Phi) is 10.6. The van der Waals surface area contributed by atoms with E-state index in [-0.39, 0.29) is 12.1 Å². The van der Waals surface area contributed by atoms with E-state index < -0.39 is 0 Å². The van der Waals surface area contributed by atoms with E-state index in [1.54, 1.807) is 13.3 Å². The number of nitrogens with zero attached hydrogens (tertiary/aromatic N) is 13. The van der Waals surface area contributed by atoms with Gasteiger partial charge in [-0.2, -0.15) is 5.10 Å². The highest BCUT2D eigenvalue weighted by Crippen LogP contribution is 2.39. The second kappa shape index (κ2) is 17.3. The lowest BCUT2D eigenvalue weighted by atomic mass is 10.0. The first-order chi connectivity index (χ1) is 33.2. The zero-order valence-corrected chi connectivity index (χ0v) is 38.3. The summed E-state index contributed by atoms with van der Waals surface area (Å²) >= 11 is 0. The number of hydrogen-bond acceptors (Lipinski definition) is 12. The minimum atomic E-state index is -0.340. The van der Waals surface area contributed by atoms with Gasteiger partial charge in [0, 0.05) is 114 Å². The van der Waals surface area contributed by atoms with Gasteiger partial charge >= 0.3 is 0 Å². The molecule has 0 aliphatic heterocycles. The predicted octanol–water partition coefficient (Wildman–Crippen LogP) is 10.4. The van der Waals surface area contributed by atoms with E-state index in [9.17, 15) is 0 Å². The lowest BCUT2D eigenvalue weighted by Crippen LogP contribution is -2.14. The molecule has 334 valence electrons. The third-order valence-corrected chi connectivity index (χ3v) is 12.5. The van der Waals surface area contributed by atoms with Gasteiger partial charge in [-0.25, -0.2) is 0 Å². The molecule has 15 heteroatoms. The molecule has 68 heavy (non-hydrogen) atoms. The Labute approximate surface area is 390 Å². The highest BCUT2D eigenvalue weighted by Gasteiger charge is 2.26. The standard InChI is InChI=1S/C53H45N13O2/c1-31-49(34(4)67-62-31)38-20-47-51(59-23-38)42(37-13-14-41(26-54-6)58-22-37)29-65(47)33(3)46-19-36(15-18-57-46)27-64-28-40(25-61-64)43-30-66(53(44-11-7-9-16-55-44)45-12-8-10-17-56-45)48-21-39(24-60-52(43)48)50-32(2)63-68-35(50)5/h7-26,28-30,33,53H,27H2,1-6H3/t33-/m0/s1. The van der Waals surface area contributed by atoms with Gasteiger partial charge in [0.1, 0.15) is 17.6 Å². The first kappa shape index (κ1) is 41.9. The molecule has 11 aromatic rings. The molecule has 15 nitrogen and oxygen atoms in total. The summed E-state index contributed by atoms with van der Waals surface area (Å²) in [5, 5.41) is 13.4. The van der Waals surface area contributed by atoms with Crippen LogP contribution in [0.25, 0.3) is 66.6 Å². The van der Waals surface area contributed by atoms with Crippen molar-refractivity contribution >= 4 is 28.3 Å². The van der Waals surface area contributed by atoms with Gasteiger partial charge in [-0.1, -0.05) is 28.5 Å². The SMILES string of the molecule is CN=Cc1ccc(-c2cn([C@@H](C)c3cc(Cn4cc(-c5cn(C(c6ccccn6)c6ccccn6)c6cc(-c7c(C)noc7C)cnc56)cn4)ccn3)c3cc(-c4c(C)noc4C)cnc23)cn1. The Bertz CT molecular complexity index is 3560. The van der Waals surface area contributed by atoms with Gasteiger partial charge in [-0.05, 0) is 94.8 Å². The number of pyridine rings is 6. The van der Waals surface area contributed by atoms with Crippen LogP contribution in [0.1, 0.15) is 70.3 Å². The normalized spacial score (nSPS) is 12.3. The van der Waals surface area contributed by atoms with Crippen LogP contribution in [0.2, 0.25) is 0 Å². The molecule has 0 saturated carbocycles. The van der Waals surface area contributed by atoms with E-state index in [1.807, 2.05) is 124 Å². The van der Waals surface area contributed by atoms with Crippen molar-refractivity contribution in [2.45, 2.75) is 53.2 Å². The molecule has 0 saturated heterocycles. The van der Waals surface area contributed by atoms with Gasteiger partial charge in [0.05, 0.1) is 75.0 Å². The van der Waals surface area contributed by atoms with Crippen molar-refractivity contribution in [3.8, 4) is 44.5 Å². The minimum Gasteiger partial charge on any atom is -0.361 e. The van der Waals surface area contributed by atoms with Crippen molar-refractivity contribution in [3.63, 3.8) is 0 Å². The Morgan fingerprint density at radius 3 is 1.76 bits per heavy atom. The maximum Gasteiger partial charge on any atom is 0.141 e. The van der Waals surface area contributed by atoms with Crippen molar-refractivity contribution < 1.29 is 9.05 Å². The fraction of sp³-hybridized carbons (Fsp3) is 0.170. The summed E-state index contributed by atoms with van der Waals surface area (Å²) < 4.78 is 17.5. The summed E-state index contributed by atoms with van der Waals surface area (Å²) in [6.45, 7) is 10.4. The summed E-state index contributed by atoms with van der Waals surface area (Å²) in [7, 11) is 1.74. The van der Waals surface area contributed by atoms with Crippen LogP contribution >= 0.6 is 0 Å². The zero-order valence-electron chi connectivity index (χ0n) is 38.3. The summed E-state index contributed by atoms with van der Waals surface area (Å²) in [4.78, 5) is 33.5. The van der Waals surface area contributed by atoms with Gasteiger partial charge in [-0.3, -0.25) is 39.6 Å². The molecule has 0 aromatic carbocycles. The maximum atomic E-state index is 5.58. The van der Waals surface area contributed by atoms with E-state index in [4.69, 9.17) is 39.1 Å². The van der Waals surface area contributed by atoms with E-state index >= 15 is 0 Å². The number of hydrogen-bond donors (Lipinski definition) is 0. The lowest BCUT2D eigenvalue weighted by Gasteiger charge is -2.19. The molecule has 0 spiro atoms. The van der Waals surface area contributed by atoms with Crippen molar-refractivity contribution in [1.82, 2.24) is 59.1 Å². The molecule has 0 aliphatic carbocycles. The van der Waals surface area contributed by atoms with Crippen LogP contribution in [-0.2, 0) is 6.54 Å². The highest BCUT2D eigenvalue weighted by atomic mass is 16.5. The number of aryl methyl sites for hydroxylation is 4. The first-order valence-electron chi connectivity index (χ1n) is 22.3. The lowest BCUT2D eigenvalue weighted by molar-refractivity contribution is 0.393. The summed E-state index contributed by atoms with van der Waals surface area (Å²) in [6, 6.07) is 23.9. The van der Waals surface area contributed by atoms with Gasteiger partial charge < -0.3 is 18.2 Å². The van der Waals surface area contributed by atoms with E-state index in [0.717, 1.165) is 118 Å². The first-order valence-corrected chi connectivity index (χ1v) is 22.3. The second-order valence-corrected chi connectivity index (χ2v) is 16.9. The molecule has 11 heterocycles. The monoisotopic (exact) mass is 895 g/mol. The number of fused-ring (bicyclic) bond motifs is 2. The number of aliphatic imine (C=N–C) groups is 1. The average Bonchev–Trinajstić information content (AvgIpc) is 4.21. The van der Waals surface area contributed by atoms with E-state index in [2.05, 4.69) is 79.2 Å². The summed E-state index contributed by atoms with van der Waals surface area (Å²) in [5.41, 5.74) is 17.1. The minimum absolute atomic E-state index is 0.167. The van der Waals surface area contributed by atoms with Crippen LogP contribution in [0.15, 0.2) is 149 Å². The molecule has 0 amide bonds. The van der Waals surface area contributed by atoms with E-state index in [1.165, 1.54) is 0 Å². The Morgan fingerprint density at radius 1 is 0.588 bits per heavy atom. The third kappa shape index (κ3) is 7.52. The highest BCUT2D eigenvalue weighted by molar-refractivity contribution is 5.96. The Hall–Kier alpha value is -8.72. The fourth-order valence-electron chi connectivity index (χ4n) is 9.30. The third-order valence-electron chi connectivity index (χ3n) is 12.5. The quantitative estimate of drug-likeness (QED) is 0.107. The van der Waals surface area contributed by atoms with Crippen LogP contribution in [0.4, 0.5) is 0 Å². The van der Waals surface area contributed by atoms with Crippen LogP contribution in [0.5, 0.6) is 0 Å². The average molecular weight is 896 g/mol. The van der Waals surface area contributed by atoms with Crippen molar-refractivity contribution in [2.75, 3.05) is 7.05 Å². The molecular weight excluding hydrogens is 851 g/mol. The molecule has 0 aliphatic rings. The zero-order chi connectivity index (χ0) is 46.5. The molecule has 0 radical (unpaired) electrons. The predicted molar refractivity (Wildman–Crippen MR) is 260 cm³/mol. The maximum absolute atomic E-state index is 5.58. The van der Waals surface area contributed by atoms with Gasteiger partial charge in [0.15, 0.2) is 0 Å². The van der Waals surface area contributed by atoms with Crippen LogP contribution in [-0.4, -0.2) is 72.4 Å². The Balaban J connectivity index is 0.956. The summed E-state index contributed by atoms with van der Waals surface area (Å²) in [6.07, 6.45) is 21.1. The molecule has 0 fully saturated rings. The van der Waals surface area contributed by atoms with Crippen molar-refractivity contribution in [2.24, 2.45) is 4.99 Å². The van der Waals surface area contributed by atoms with Crippen LogP contribution in [0, 0.1) is 27.7 Å². The van der Waals surface area contributed by atoms with Crippen LogP contribution < -0.4 is 0 Å². The smallest absolute Gasteiger partial charge is 0.141 e. The van der Waals surface area contributed by atoms with Gasteiger partial charge in [0.2, 0.25) is 0 Å². The number of aromatic nitrogens is 12. The van der Waals surface area contributed by atoms with E-state index in [0.29, 0.717) is 6.54 Å². The summed E-state index contributed by atoms with van der Waals surface area (Å²) in [5.74, 6) is 1.47. The molecule has 0 N–H and O–H groups in total. The van der Waals surface area contributed by atoms with Crippen molar-refractivity contribution in [1.29, 1.82) is 0 Å². The topological polar surface area (TPSA) is 169 Å².